The van der Waals surface area contributed by atoms with Crippen molar-refractivity contribution in [3.8, 4) is 16.5 Å². The number of alkyl halides is 6. The van der Waals surface area contributed by atoms with Gasteiger partial charge in [0.15, 0.2) is 0 Å². The average molecular weight is 683 g/mol. The number of anilines is 2. The summed E-state index contributed by atoms with van der Waals surface area (Å²) in [7, 11) is 1.31. The fraction of sp³-hybridized carbons (Fsp3) is 0.424. The molecule has 1 amide bonds. The molecule has 2 heterocycles. The summed E-state index contributed by atoms with van der Waals surface area (Å²) >= 11 is 1.19. The molecule has 1 fully saturated rings. The van der Waals surface area contributed by atoms with Crippen molar-refractivity contribution >= 4 is 33.7 Å². The van der Waals surface area contributed by atoms with Crippen LogP contribution in [0.25, 0.3) is 10.4 Å². The number of aryl methyl sites for hydroxylation is 1. The lowest BCUT2D eigenvalue weighted by molar-refractivity contribution is -0.143. The molecule has 2 aromatic carbocycles. The molecular formula is C33H33F7N4O2S. The van der Waals surface area contributed by atoms with Gasteiger partial charge in [-0.15, -0.1) is 11.3 Å². The minimum absolute atomic E-state index is 0.000930. The first-order valence-corrected chi connectivity index (χ1v) is 15.5. The van der Waals surface area contributed by atoms with Crippen molar-refractivity contribution in [2.24, 2.45) is 0 Å². The van der Waals surface area contributed by atoms with E-state index in [0.29, 0.717) is 59.1 Å². The Labute approximate surface area is 271 Å². The van der Waals surface area contributed by atoms with Crippen LogP contribution in [0, 0.1) is 24.1 Å². The number of halogens is 7. The molecule has 0 spiro atoms. The number of hydrogen-bond donors (Lipinski definition) is 1. The highest BCUT2D eigenvalue weighted by molar-refractivity contribution is 7.20. The molecule has 14 heteroatoms. The Balaban J connectivity index is 1.83. The Morgan fingerprint density at radius 1 is 1.00 bits per heavy atom. The number of hydrogen-bond acceptors (Lipinski definition) is 6. The van der Waals surface area contributed by atoms with Crippen LogP contribution in [0.3, 0.4) is 0 Å². The SMILES string of the molecule is CC(=O)CNC1CCN(c2sc(-c3ccc(F)cc3C)c(N(C)C(=O)C(C)(C)c3cc(C(F)(F)F)cc(C(F)(F)F)c3)c2C#N)CC1. The van der Waals surface area contributed by atoms with E-state index in [0.717, 1.165) is 4.90 Å². The van der Waals surface area contributed by atoms with Gasteiger partial charge in [0.05, 0.1) is 33.7 Å². The molecule has 0 unspecified atom stereocenters. The number of thiophene rings is 1. The van der Waals surface area contributed by atoms with Crippen molar-refractivity contribution < 1.29 is 40.3 Å². The first-order chi connectivity index (χ1) is 21.7. The highest BCUT2D eigenvalue weighted by atomic mass is 32.1. The van der Waals surface area contributed by atoms with Gasteiger partial charge in [-0.1, -0.05) is 6.07 Å². The molecule has 0 atom stereocenters. The number of ketones is 1. The van der Waals surface area contributed by atoms with E-state index >= 15 is 0 Å². The van der Waals surface area contributed by atoms with E-state index in [2.05, 4.69) is 11.4 Å². The summed E-state index contributed by atoms with van der Waals surface area (Å²) in [5, 5.41) is 14.2. The second-order valence-electron chi connectivity index (χ2n) is 12.2. The second kappa shape index (κ2) is 13.3. The number of nitrogens with one attached hydrogen (secondary N) is 1. The molecule has 47 heavy (non-hydrogen) atoms. The summed E-state index contributed by atoms with van der Waals surface area (Å²) in [5.41, 5.74) is -4.33. The van der Waals surface area contributed by atoms with Gasteiger partial charge in [0.2, 0.25) is 5.91 Å². The van der Waals surface area contributed by atoms with Crippen molar-refractivity contribution in [2.45, 2.75) is 64.3 Å². The lowest BCUT2D eigenvalue weighted by Crippen LogP contribution is -2.44. The molecule has 1 aliphatic rings. The van der Waals surface area contributed by atoms with Gasteiger partial charge in [0.1, 0.15) is 28.2 Å². The van der Waals surface area contributed by atoms with Crippen molar-refractivity contribution in [3.63, 3.8) is 0 Å². The lowest BCUT2D eigenvalue weighted by Gasteiger charge is -2.33. The Morgan fingerprint density at radius 2 is 1.55 bits per heavy atom. The van der Waals surface area contributed by atoms with Gasteiger partial charge in [-0.2, -0.15) is 31.6 Å². The molecular weight excluding hydrogens is 649 g/mol. The van der Waals surface area contributed by atoms with Gasteiger partial charge < -0.3 is 15.1 Å². The zero-order valence-corrected chi connectivity index (χ0v) is 27.1. The Bertz CT molecular complexity index is 1680. The summed E-state index contributed by atoms with van der Waals surface area (Å²) in [5.74, 6) is -1.38. The van der Waals surface area contributed by atoms with E-state index in [9.17, 15) is 45.6 Å². The molecule has 3 aromatic rings. The van der Waals surface area contributed by atoms with Gasteiger partial charge in [-0.05, 0) is 87.6 Å². The lowest BCUT2D eigenvalue weighted by atomic mass is 9.81. The summed E-state index contributed by atoms with van der Waals surface area (Å²) in [6, 6.07) is 7.28. The number of Topliss-reactive ketones (excluding diaryl/α,β-unsaturated/α-hetero) is 1. The summed E-state index contributed by atoms with van der Waals surface area (Å²) < 4.78 is 96.2. The Hall–Kier alpha value is -3.96. The number of rotatable bonds is 8. The van der Waals surface area contributed by atoms with Crippen LogP contribution in [-0.4, -0.2) is 44.4 Å². The highest BCUT2D eigenvalue weighted by Gasteiger charge is 2.42. The number of nitriles is 1. The predicted octanol–water partition coefficient (Wildman–Crippen LogP) is 7.86. The number of piperidine rings is 1. The molecule has 0 saturated carbocycles. The summed E-state index contributed by atoms with van der Waals surface area (Å²) in [6.45, 7) is 6.80. The summed E-state index contributed by atoms with van der Waals surface area (Å²) in [4.78, 5) is 29.1. The van der Waals surface area contributed by atoms with Crippen LogP contribution >= 0.6 is 11.3 Å². The minimum atomic E-state index is -5.11. The van der Waals surface area contributed by atoms with Crippen LogP contribution in [0.5, 0.6) is 0 Å². The van der Waals surface area contributed by atoms with Crippen molar-refractivity contribution in [1.29, 1.82) is 5.26 Å². The molecule has 0 bridgehead atoms. The van der Waals surface area contributed by atoms with Gasteiger partial charge in [0.25, 0.3) is 0 Å². The van der Waals surface area contributed by atoms with Crippen LogP contribution in [0.1, 0.15) is 61.4 Å². The van der Waals surface area contributed by atoms with Gasteiger partial charge in [-0.25, -0.2) is 4.39 Å². The third-order valence-corrected chi connectivity index (χ3v) is 9.59. The first kappa shape index (κ1) is 35.9. The van der Waals surface area contributed by atoms with E-state index in [-0.39, 0.29) is 35.7 Å². The van der Waals surface area contributed by atoms with E-state index in [1.807, 2.05) is 4.90 Å². The summed E-state index contributed by atoms with van der Waals surface area (Å²) in [6.07, 6.45) is -8.93. The topological polar surface area (TPSA) is 76.4 Å². The molecule has 0 radical (unpaired) electrons. The van der Waals surface area contributed by atoms with Crippen molar-refractivity contribution in [3.05, 3.63) is 70.0 Å². The van der Waals surface area contributed by atoms with Crippen molar-refractivity contribution in [2.75, 3.05) is 36.5 Å². The molecule has 6 nitrogen and oxygen atoms in total. The van der Waals surface area contributed by atoms with Crippen LogP contribution < -0.4 is 15.1 Å². The van der Waals surface area contributed by atoms with Crippen molar-refractivity contribution in [1.82, 2.24) is 5.32 Å². The molecule has 1 saturated heterocycles. The molecule has 252 valence electrons. The standard InChI is InChI=1S/C33H33F7N4O2S/c1-18-12-23(34)6-7-25(18)28-27(26(16-41)29(47-28)44-10-8-24(9-11-44)42-17-19(2)45)43(5)30(46)31(3,4)20-13-21(32(35,36)37)15-22(14-20)33(38,39)40/h6-7,12-15,24,42H,8-11,17H2,1-5H3. The molecule has 1 aliphatic heterocycles. The first-order valence-electron chi connectivity index (χ1n) is 14.6. The molecule has 4 rings (SSSR count). The highest BCUT2D eigenvalue weighted by Crippen LogP contribution is 2.49. The van der Waals surface area contributed by atoms with E-state index < -0.39 is 46.2 Å². The monoisotopic (exact) mass is 682 g/mol. The van der Waals surface area contributed by atoms with Gasteiger partial charge in [-0.3, -0.25) is 9.59 Å². The minimum Gasteiger partial charge on any atom is -0.362 e. The number of amides is 1. The molecule has 1 N–H and O–H groups in total. The zero-order chi connectivity index (χ0) is 35.1. The largest absolute Gasteiger partial charge is 0.416 e. The fourth-order valence-electron chi connectivity index (χ4n) is 5.65. The van der Waals surface area contributed by atoms with E-state index in [1.165, 1.54) is 57.4 Å². The Morgan fingerprint density at radius 3 is 2.04 bits per heavy atom. The quantitative estimate of drug-likeness (QED) is 0.245. The number of likely N-dealkylation sites (N-methyl/N-ethyl adjacent to an activating group) is 1. The maximum Gasteiger partial charge on any atom is 0.416 e. The third-order valence-electron chi connectivity index (χ3n) is 8.32. The maximum atomic E-state index is 14.2. The number of carbonyl (C=O) groups is 2. The normalized spacial score (nSPS) is 14.7. The second-order valence-corrected chi connectivity index (χ2v) is 13.2. The maximum absolute atomic E-state index is 14.2. The fourth-order valence-corrected chi connectivity index (χ4v) is 7.08. The zero-order valence-electron chi connectivity index (χ0n) is 26.3. The number of nitrogens with zero attached hydrogens (tertiary/aromatic N) is 3. The van der Waals surface area contributed by atoms with E-state index in [4.69, 9.17) is 0 Å². The third kappa shape index (κ3) is 7.62. The van der Waals surface area contributed by atoms with Crippen LogP contribution in [0.4, 0.5) is 41.4 Å². The smallest absolute Gasteiger partial charge is 0.362 e. The van der Waals surface area contributed by atoms with E-state index in [1.54, 1.807) is 6.92 Å². The van der Waals surface area contributed by atoms with Gasteiger partial charge >= 0.3 is 12.4 Å². The van der Waals surface area contributed by atoms with Crippen LogP contribution in [-0.2, 0) is 27.4 Å². The van der Waals surface area contributed by atoms with Crippen LogP contribution in [0.15, 0.2) is 36.4 Å². The number of carbonyl (C=O) groups excluding carboxylic acids is 2. The predicted molar refractivity (Wildman–Crippen MR) is 166 cm³/mol. The molecule has 1 aromatic heterocycles. The Kier molecular flexibility index (Phi) is 10.1. The number of benzene rings is 2. The van der Waals surface area contributed by atoms with Crippen LogP contribution in [0.2, 0.25) is 0 Å². The molecule has 0 aliphatic carbocycles. The average Bonchev–Trinajstić information content (AvgIpc) is 3.37. The van der Waals surface area contributed by atoms with Gasteiger partial charge in [0, 0.05) is 26.2 Å².